The predicted molar refractivity (Wildman–Crippen MR) is 14.2 cm³/mol. The first-order valence-corrected chi connectivity index (χ1v) is 2.70. The summed E-state index contributed by atoms with van der Waals surface area (Å²) in [5.74, 6) is 0. The third-order valence-corrected chi connectivity index (χ3v) is 0. The molecule has 7 heavy (non-hydrogen) atoms. The van der Waals surface area contributed by atoms with E-state index in [9.17, 15) is 7.99 Å². The first-order valence-electron chi connectivity index (χ1n) is 0.655. The van der Waals surface area contributed by atoms with Crippen molar-refractivity contribution in [3.05, 3.63) is 0 Å². The van der Waals surface area contributed by atoms with Crippen molar-refractivity contribution in [2.45, 2.75) is 0 Å². The predicted octanol–water partition coefficient (Wildman–Crippen LogP) is -1.22. The van der Waals surface area contributed by atoms with Gasteiger partial charge < -0.3 is 16.4 Å². The van der Waals surface area contributed by atoms with E-state index >= 15 is 0 Å². The van der Waals surface area contributed by atoms with Gasteiger partial charge in [-0.15, -0.1) is 0 Å². The second kappa shape index (κ2) is 16.0. The van der Waals surface area contributed by atoms with Gasteiger partial charge in [0.1, 0.15) is 0 Å². The van der Waals surface area contributed by atoms with E-state index < -0.39 is 23.2 Å². The Hall–Kier alpha value is 0.540. The number of halogens is 3. The molecule has 0 fully saturated rings. The fourth-order valence-electron chi connectivity index (χ4n) is 0. The third kappa shape index (κ3) is 462. The van der Waals surface area contributed by atoms with Crippen molar-refractivity contribution in [3.63, 3.8) is 0 Å². The number of rotatable bonds is 0. The average Bonchev–Trinajstić information content (AvgIpc) is 0.811. The molecule has 0 spiro atoms. The zero-order valence-electron chi connectivity index (χ0n) is 3.21. The summed E-state index contributed by atoms with van der Waals surface area (Å²) < 4.78 is 29.6. The normalized spacial score (nSPS) is 3.86. The molecule has 0 heterocycles. The minimum absolute atomic E-state index is 0. The first-order chi connectivity index (χ1) is 1.73. The number of hydrogen-bond acceptors (Lipinski definition) is 0. The monoisotopic (exact) mass is 156 g/mol. The summed E-state index contributed by atoms with van der Waals surface area (Å²) in [6, 6.07) is 0. The molecule has 0 aliphatic carbocycles. The van der Waals surface area contributed by atoms with Crippen LogP contribution in [0.4, 0.5) is 7.99 Å². The van der Waals surface area contributed by atoms with Gasteiger partial charge in [0.05, 0.1) is 0 Å². The van der Waals surface area contributed by atoms with Gasteiger partial charge >= 0.3 is 31.2 Å². The van der Waals surface area contributed by atoms with Crippen LogP contribution in [-0.2, 0) is 23.2 Å². The van der Waals surface area contributed by atoms with Crippen LogP contribution >= 0.6 is 0 Å². The third-order valence-electron chi connectivity index (χ3n) is 0. The van der Waals surface area contributed by atoms with Crippen LogP contribution in [0.15, 0.2) is 0 Å². The molecule has 7 heteroatoms. The summed E-state index contributed by atoms with van der Waals surface area (Å²) >= 11 is -4.98. The molecule has 0 unspecified atom stereocenters. The Morgan fingerprint density at radius 2 is 0.714 bits per heavy atom. The van der Waals surface area contributed by atoms with Crippen molar-refractivity contribution in [1.82, 2.24) is 0 Å². The van der Waals surface area contributed by atoms with Crippen molar-refractivity contribution in [3.8, 4) is 0 Å². The quantitative estimate of drug-likeness (QED) is 0.420. The first kappa shape index (κ1) is 25.7. The van der Waals surface area contributed by atoms with E-state index in [4.69, 9.17) is 0 Å². The summed E-state index contributed by atoms with van der Waals surface area (Å²) in [4.78, 5) is 0. The van der Waals surface area contributed by atoms with Gasteiger partial charge in [0.25, 0.3) is 0 Å². The Kier molecular flexibility index (Phi) is 58.9. The molecule has 0 rings (SSSR count). The molecule has 0 bridgehead atoms. The van der Waals surface area contributed by atoms with E-state index in [1.807, 2.05) is 0 Å². The van der Waals surface area contributed by atoms with Crippen molar-refractivity contribution in [2.24, 2.45) is 0 Å². The molecule has 0 amide bonds. The molecular formula is H6F3O3Sc. The fraction of sp³-hybridized carbons (Fsp3) is 0. The fourth-order valence-corrected chi connectivity index (χ4v) is 0. The Labute approximate surface area is 48.2 Å². The maximum atomic E-state index is 9.85. The van der Waals surface area contributed by atoms with Gasteiger partial charge in [0.2, 0.25) is 0 Å². The maximum absolute atomic E-state index is 9.85. The molecule has 0 atom stereocenters. The SMILES string of the molecule is O.O.O.[F][Sc]([F])[F]. The van der Waals surface area contributed by atoms with Crippen molar-refractivity contribution in [1.29, 1.82) is 0 Å². The molecule has 0 saturated heterocycles. The molecule has 6 N–H and O–H groups in total. The van der Waals surface area contributed by atoms with Crippen molar-refractivity contribution < 1.29 is 47.7 Å². The van der Waals surface area contributed by atoms with E-state index in [2.05, 4.69) is 0 Å². The summed E-state index contributed by atoms with van der Waals surface area (Å²) in [6.07, 6.45) is 0. The van der Waals surface area contributed by atoms with Crippen LogP contribution in [0.25, 0.3) is 0 Å². The van der Waals surface area contributed by atoms with Gasteiger partial charge in [-0.2, -0.15) is 0 Å². The van der Waals surface area contributed by atoms with Gasteiger partial charge in [-0.3, -0.25) is 0 Å². The summed E-state index contributed by atoms with van der Waals surface area (Å²) in [5, 5.41) is 0. The van der Waals surface area contributed by atoms with Gasteiger partial charge in [-0.1, -0.05) is 0 Å². The Bertz CT molecular complexity index is 14.9. The molecule has 0 aromatic heterocycles. The van der Waals surface area contributed by atoms with E-state index in [-0.39, 0.29) is 16.4 Å². The van der Waals surface area contributed by atoms with Crippen molar-refractivity contribution in [2.75, 3.05) is 0 Å². The topological polar surface area (TPSA) is 94.5 Å². The Balaban J connectivity index is -0.0000000150. The molecule has 3 nitrogen and oxygen atoms in total. The molecule has 0 aromatic rings. The molecule has 0 aliphatic heterocycles. The van der Waals surface area contributed by atoms with Crippen LogP contribution in [0.5, 0.6) is 0 Å². The Morgan fingerprint density at radius 1 is 0.714 bits per heavy atom. The van der Waals surface area contributed by atoms with Gasteiger partial charge in [-0.25, -0.2) is 0 Å². The van der Waals surface area contributed by atoms with Crippen LogP contribution in [0.2, 0.25) is 0 Å². The van der Waals surface area contributed by atoms with E-state index in [0.29, 0.717) is 0 Å². The second-order valence-corrected chi connectivity index (χ2v) is 1.02. The minimum atomic E-state index is -4.98. The van der Waals surface area contributed by atoms with Gasteiger partial charge in [-0.05, 0) is 0 Å². The zero-order valence-corrected chi connectivity index (χ0v) is 5.01. The molecule has 48 valence electrons. The number of hydrogen-bond donors (Lipinski definition) is 0. The Morgan fingerprint density at radius 3 is 0.714 bits per heavy atom. The van der Waals surface area contributed by atoms with Crippen LogP contribution in [-0.4, -0.2) is 16.4 Å². The van der Waals surface area contributed by atoms with Crippen LogP contribution in [0.1, 0.15) is 0 Å². The van der Waals surface area contributed by atoms with Crippen LogP contribution < -0.4 is 0 Å². The van der Waals surface area contributed by atoms with Crippen LogP contribution in [0.3, 0.4) is 0 Å². The summed E-state index contributed by atoms with van der Waals surface area (Å²) in [7, 11) is 0. The molecule has 0 aliphatic rings. The zero-order chi connectivity index (χ0) is 3.58. The van der Waals surface area contributed by atoms with E-state index in [1.165, 1.54) is 0 Å². The summed E-state index contributed by atoms with van der Waals surface area (Å²) in [6.45, 7) is 0. The average molecular weight is 156 g/mol. The molecule has 0 aromatic carbocycles. The second-order valence-electron chi connectivity index (χ2n) is 0.247. The van der Waals surface area contributed by atoms with Crippen LogP contribution in [0, 0.1) is 0 Å². The standard InChI is InChI=1S/3FH.3H2O.Sc/h3*1H;3*1H2;/q;;;;;;+3/p-3. The van der Waals surface area contributed by atoms with Gasteiger partial charge in [0.15, 0.2) is 0 Å². The van der Waals surface area contributed by atoms with Gasteiger partial charge in [0, 0.05) is 0 Å². The van der Waals surface area contributed by atoms with Crippen molar-refractivity contribution >= 4 is 0 Å². The van der Waals surface area contributed by atoms with E-state index in [0.717, 1.165) is 0 Å². The molecule has 0 radical (unpaired) electrons. The van der Waals surface area contributed by atoms with E-state index in [1.54, 1.807) is 0 Å². The molecule has 0 saturated carbocycles. The molecular weight excluding hydrogens is 150 g/mol. The summed E-state index contributed by atoms with van der Waals surface area (Å²) in [5.41, 5.74) is 0.